The van der Waals surface area contributed by atoms with Crippen LogP contribution < -0.4 is 4.74 Å². The van der Waals surface area contributed by atoms with Gasteiger partial charge < -0.3 is 14.7 Å². The van der Waals surface area contributed by atoms with E-state index in [0.717, 1.165) is 22.3 Å². The highest BCUT2D eigenvalue weighted by Crippen LogP contribution is 2.43. The maximum Gasteiger partial charge on any atom is 0.123 e. The molecule has 0 aliphatic carbocycles. The van der Waals surface area contributed by atoms with Crippen LogP contribution in [0.3, 0.4) is 0 Å². The van der Waals surface area contributed by atoms with Crippen molar-refractivity contribution in [2.75, 3.05) is 7.11 Å². The van der Waals surface area contributed by atoms with Crippen molar-refractivity contribution in [2.45, 2.75) is 5.92 Å². The van der Waals surface area contributed by atoms with Crippen LogP contribution in [-0.4, -0.2) is 17.1 Å². The van der Waals surface area contributed by atoms with Crippen LogP contribution in [0.25, 0.3) is 21.8 Å². The number of fused-ring (bicyclic) bond motifs is 2. The third-order valence-corrected chi connectivity index (χ3v) is 5.60. The van der Waals surface area contributed by atoms with Gasteiger partial charge in [0.25, 0.3) is 0 Å². The molecular formula is C24H19ClN2O. The minimum atomic E-state index is -0.0269. The van der Waals surface area contributed by atoms with Crippen molar-refractivity contribution in [3.8, 4) is 5.75 Å². The number of hydrogen-bond acceptors (Lipinski definition) is 1. The number of H-pyrrole nitrogens is 2. The molecule has 0 saturated carbocycles. The highest BCUT2D eigenvalue weighted by Gasteiger charge is 2.26. The second-order valence-corrected chi connectivity index (χ2v) is 7.33. The lowest BCUT2D eigenvalue weighted by atomic mass is 9.84. The molecule has 3 nitrogen and oxygen atoms in total. The minimum absolute atomic E-state index is 0.0269. The number of rotatable bonds is 4. The summed E-state index contributed by atoms with van der Waals surface area (Å²) in [6.07, 6.45) is 4.19. The summed E-state index contributed by atoms with van der Waals surface area (Å²) in [6.45, 7) is 0. The molecule has 0 aliphatic rings. The zero-order valence-corrected chi connectivity index (χ0v) is 16.1. The van der Waals surface area contributed by atoms with E-state index in [9.17, 15) is 0 Å². The second kappa shape index (κ2) is 6.77. The summed E-state index contributed by atoms with van der Waals surface area (Å²) in [6, 6.07) is 22.5. The summed E-state index contributed by atoms with van der Waals surface area (Å²) in [7, 11) is 1.70. The number of nitrogens with one attached hydrogen (secondary N) is 2. The molecule has 0 aliphatic heterocycles. The van der Waals surface area contributed by atoms with Gasteiger partial charge >= 0.3 is 0 Å². The molecule has 2 aromatic heterocycles. The SMILES string of the molecule is COc1ccc(Cl)cc1C(c1c[nH]c2ccccc12)c1c[nH]c2ccccc12. The van der Waals surface area contributed by atoms with Gasteiger partial charge in [-0.3, -0.25) is 0 Å². The second-order valence-electron chi connectivity index (χ2n) is 6.90. The average molecular weight is 387 g/mol. The van der Waals surface area contributed by atoms with Crippen LogP contribution in [0.2, 0.25) is 5.02 Å². The van der Waals surface area contributed by atoms with Gasteiger partial charge in [0.2, 0.25) is 0 Å². The van der Waals surface area contributed by atoms with Gasteiger partial charge in [-0.15, -0.1) is 0 Å². The molecule has 2 heterocycles. The lowest BCUT2D eigenvalue weighted by molar-refractivity contribution is 0.409. The Morgan fingerprint density at radius 3 is 1.89 bits per heavy atom. The lowest BCUT2D eigenvalue weighted by Crippen LogP contribution is -2.05. The Labute approximate surface area is 167 Å². The fourth-order valence-electron chi connectivity index (χ4n) is 4.10. The Kier molecular flexibility index (Phi) is 4.10. The Bertz CT molecular complexity index is 1210. The fraction of sp³-hybridized carbons (Fsp3) is 0.0833. The van der Waals surface area contributed by atoms with Crippen molar-refractivity contribution >= 4 is 33.4 Å². The predicted molar refractivity (Wildman–Crippen MR) is 116 cm³/mol. The Morgan fingerprint density at radius 1 is 0.750 bits per heavy atom. The smallest absolute Gasteiger partial charge is 0.123 e. The molecule has 3 aromatic carbocycles. The van der Waals surface area contributed by atoms with Crippen LogP contribution >= 0.6 is 11.6 Å². The van der Waals surface area contributed by atoms with Gasteiger partial charge in [-0.2, -0.15) is 0 Å². The molecule has 28 heavy (non-hydrogen) atoms. The molecule has 0 fully saturated rings. The maximum absolute atomic E-state index is 6.41. The summed E-state index contributed by atoms with van der Waals surface area (Å²) >= 11 is 6.41. The van der Waals surface area contributed by atoms with Crippen LogP contribution in [0.1, 0.15) is 22.6 Å². The molecule has 0 saturated heterocycles. The Balaban J connectivity index is 1.84. The van der Waals surface area contributed by atoms with E-state index in [1.165, 1.54) is 21.9 Å². The summed E-state index contributed by atoms with van der Waals surface area (Å²) < 4.78 is 5.72. The third-order valence-electron chi connectivity index (χ3n) is 5.37. The number of benzene rings is 3. The van der Waals surface area contributed by atoms with Gasteiger partial charge in [0.15, 0.2) is 0 Å². The first-order chi connectivity index (χ1) is 13.8. The maximum atomic E-state index is 6.41. The molecule has 138 valence electrons. The molecule has 0 bridgehead atoms. The highest BCUT2D eigenvalue weighted by molar-refractivity contribution is 6.30. The summed E-state index contributed by atoms with van der Waals surface area (Å²) in [5.74, 6) is 0.797. The first-order valence-electron chi connectivity index (χ1n) is 9.21. The molecule has 0 atom stereocenters. The first-order valence-corrected chi connectivity index (χ1v) is 9.59. The summed E-state index contributed by atoms with van der Waals surface area (Å²) in [5.41, 5.74) is 5.66. The van der Waals surface area contributed by atoms with E-state index in [0.29, 0.717) is 5.02 Å². The topological polar surface area (TPSA) is 40.8 Å². The van der Waals surface area contributed by atoms with E-state index in [4.69, 9.17) is 16.3 Å². The van der Waals surface area contributed by atoms with Crippen LogP contribution in [0.15, 0.2) is 79.1 Å². The van der Waals surface area contributed by atoms with Gasteiger partial charge in [0.1, 0.15) is 5.75 Å². The fourth-order valence-corrected chi connectivity index (χ4v) is 4.28. The third kappa shape index (κ3) is 2.67. The normalized spacial score (nSPS) is 11.5. The number of para-hydroxylation sites is 2. The molecule has 0 amide bonds. The van der Waals surface area contributed by atoms with Crippen molar-refractivity contribution in [2.24, 2.45) is 0 Å². The van der Waals surface area contributed by atoms with E-state index in [1.54, 1.807) is 7.11 Å². The number of aromatic nitrogens is 2. The quantitative estimate of drug-likeness (QED) is 0.364. The van der Waals surface area contributed by atoms with E-state index < -0.39 is 0 Å². The lowest BCUT2D eigenvalue weighted by Gasteiger charge is -2.20. The van der Waals surface area contributed by atoms with Crippen molar-refractivity contribution in [3.05, 3.63) is 101 Å². The van der Waals surface area contributed by atoms with Crippen LogP contribution in [0.5, 0.6) is 5.75 Å². The van der Waals surface area contributed by atoms with E-state index in [2.05, 4.69) is 58.8 Å². The molecule has 5 aromatic rings. The van der Waals surface area contributed by atoms with Gasteiger partial charge in [-0.05, 0) is 41.5 Å². The van der Waals surface area contributed by atoms with Gasteiger partial charge in [0, 0.05) is 50.7 Å². The molecule has 2 N–H and O–H groups in total. The molecule has 0 spiro atoms. The standard InChI is InChI=1S/C24H19ClN2O/c1-28-23-11-10-15(25)12-18(23)24(19-13-26-21-8-4-2-6-16(19)21)20-14-27-22-9-5-3-7-17(20)22/h2-14,24,26-27H,1H3. The van der Waals surface area contributed by atoms with E-state index >= 15 is 0 Å². The van der Waals surface area contributed by atoms with Crippen LogP contribution in [-0.2, 0) is 0 Å². The van der Waals surface area contributed by atoms with Gasteiger partial charge in [0.05, 0.1) is 7.11 Å². The first kappa shape index (κ1) is 17.0. The van der Waals surface area contributed by atoms with Crippen LogP contribution in [0, 0.1) is 0 Å². The number of aromatic amines is 2. The zero-order valence-electron chi connectivity index (χ0n) is 15.4. The minimum Gasteiger partial charge on any atom is -0.496 e. The number of halogens is 1. The number of ether oxygens (including phenoxy) is 1. The Morgan fingerprint density at radius 2 is 1.32 bits per heavy atom. The van der Waals surface area contributed by atoms with Crippen molar-refractivity contribution in [3.63, 3.8) is 0 Å². The van der Waals surface area contributed by atoms with Crippen molar-refractivity contribution in [1.29, 1.82) is 0 Å². The predicted octanol–water partition coefficient (Wildman–Crippen LogP) is 6.49. The van der Waals surface area contributed by atoms with E-state index in [1.807, 2.05) is 30.3 Å². The highest BCUT2D eigenvalue weighted by atomic mass is 35.5. The monoisotopic (exact) mass is 386 g/mol. The Hall–Kier alpha value is -3.17. The molecule has 4 heteroatoms. The number of methoxy groups -OCH3 is 1. The largest absolute Gasteiger partial charge is 0.496 e. The average Bonchev–Trinajstić information content (AvgIpc) is 3.34. The van der Waals surface area contributed by atoms with Crippen molar-refractivity contribution < 1.29 is 4.74 Å². The zero-order chi connectivity index (χ0) is 19.1. The summed E-state index contributed by atoms with van der Waals surface area (Å²) in [4.78, 5) is 6.83. The van der Waals surface area contributed by atoms with Gasteiger partial charge in [-0.1, -0.05) is 48.0 Å². The van der Waals surface area contributed by atoms with Crippen molar-refractivity contribution in [1.82, 2.24) is 9.97 Å². The van der Waals surface area contributed by atoms with E-state index in [-0.39, 0.29) is 5.92 Å². The summed E-state index contributed by atoms with van der Waals surface area (Å²) in [5, 5.41) is 3.08. The van der Waals surface area contributed by atoms with Crippen LogP contribution in [0.4, 0.5) is 0 Å². The molecular weight excluding hydrogens is 368 g/mol. The number of hydrogen-bond donors (Lipinski definition) is 2. The molecule has 0 radical (unpaired) electrons. The molecule has 5 rings (SSSR count). The molecule has 0 unspecified atom stereocenters. The van der Waals surface area contributed by atoms with Gasteiger partial charge in [-0.25, -0.2) is 0 Å².